The molecule has 0 saturated carbocycles. The molecule has 1 amide bonds. The normalized spacial score (nSPS) is 16.7. The Morgan fingerprint density at radius 3 is 2.52 bits per heavy atom. The maximum absolute atomic E-state index is 12.1. The van der Waals surface area contributed by atoms with Gasteiger partial charge in [0.2, 0.25) is 5.78 Å². The van der Waals surface area contributed by atoms with E-state index in [1.54, 1.807) is 4.90 Å². The average Bonchev–Trinajstić information content (AvgIpc) is 3.13. The van der Waals surface area contributed by atoms with Crippen molar-refractivity contribution in [2.75, 3.05) is 19.7 Å². The highest BCUT2D eigenvalue weighted by atomic mass is 16.6. The monoisotopic (exact) mass is 401 g/mol. The van der Waals surface area contributed by atoms with Gasteiger partial charge >= 0.3 is 6.09 Å². The predicted octanol–water partition coefficient (Wildman–Crippen LogP) is 4.17. The number of rotatable bonds is 8. The lowest BCUT2D eigenvalue weighted by Crippen LogP contribution is -2.34. The van der Waals surface area contributed by atoms with E-state index in [-0.39, 0.29) is 6.09 Å². The van der Waals surface area contributed by atoms with Crippen molar-refractivity contribution in [2.24, 2.45) is 0 Å². The number of unbranched alkanes of at least 4 members (excludes halogenated alkanes) is 1. The molecule has 1 aliphatic rings. The highest BCUT2D eigenvalue weighted by molar-refractivity contribution is 6.27. The molecule has 2 rings (SSSR count). The van der Waals surface area contributed by atoms with Crippen molar-refractivity contribution >= 4 is 18.2 Å². The standard InChI is InChI=1S/C23H31NO5/c1-17-8-10-19(11-9-17)21(20(26)16-25)28-14-6-5-7-18-12-13-24(15-18)22(27)29-23(2,3)4/h7-11,16,21H,5-6,12-15H2,1-4H3/b18-7+. The lowest BCUT2D eigenvalue weighted by molar-refractivity contribution is -0.138. The van der Waals surface area contributed by atoms with Crippen LogP contribution in [0.4, 0.5) is 4.79 Å². The average molecular weight is 402 g/mol. The van der Waals surface area contributed by atoms with Gasteiger partial charge in [-0.1, -0.05) is 41.5 Å². The first-order valence-electron chi connectivity index (χ1n) is 10.0. The van der Waals surface area contributed by atoms with Gasteiger partial charge in [0.05, 0.1) is 0 Å². The summed E-state index contributed by atoms with van der Waals surface area (Å²) in [6.07, 6.45) is 3.66. The number of hydrogen-bond acceptors (Lipinski definition) is 5. The Morgan fingerprint density at radius 2 is 1.90 bits per heavy atom. The van der Waals surface area contributed by atoms with Gasteiger partial charge in [-0.25, -0.2) is 4.79 Å². The zero-order chi connectivity index (χ0) is 21.4. The number of hydrogen-bond donors (Lipinski definition) is 0. The Labute approximate surface area is 172 Å². The SMILES string of the molecule is Cc1ccc(C(OCCC/C=C2\CCN(C(=O)OC(C)(C)C)C2)C(=O)C=O)cc1. The zero-order valence-electron chi connectivity index (χ0n) is 17.8. The number of carbonyl (C=O) groups is 3. The van der Waals surface area contributed by atoms with Crippen LogP contribution in [0.5, 0.6) is 0 Å². The van der Waals surface area contributed by atoms with Gasteiger partial charge in [-0.15, -0.1) is 0 Å². The third-order valence-corrected chi connectivity index (χ3v) is 4.57. The van der Waals surface area contributed by atoms with Gasteiger partial charge in [-0.05, 0) is 52.5 Å². The Kier molecular flexibility index (Phi) is 8.14. The molecule has 1 aromatic rings. The number of benzene rings is 1. The molecule has 0 spiro atoms. The first-order chi connectivity index (χ1) is 13.7. The van der Waals surface area contributed by atoms with Gasteiger partial charge in [-0.2, -0.15) is 0 Å². The molecule has 0 aliphatic carbocycles. The Morgan fingerprint density at radius 1 is 1.21 bits per heavy atom. The minimum absolute atomic E-state index is 0.280. The maximum Gasteiger partial charge on any atom is 0.410 e. The zero-order valence-corrected chi connectivity index (χ0v) is 17.8. The molecule has 158 valence electrons. The molecular weight excluding hydrogens is 370 g/mol. The van der Waals surface area contributed by atoms with E-state index < -0.39 is 17.5 Å². The third-order valence-electron chi connectivity index (χ3n) is 4.57. The molecule has 1 saturated heterocycles. The molecule has 0 bridgehead atoms. The summed E-state index contributed by atoms with van der Waals surface area (Å²) in [5, 5.41) is 0. The number of ether oxygens (including phenoxy) is 2. The molecule has 0 N–H and O–H groups in total. The van der Waals surface area contributed by atoms with Gasteiger partial charge in [0.1, 0.15) is 11.7 Å². The van der Waals surface area contributed by atoms with Crippen LogP contribution in [0.1, 0.15) is 57.3 Å². The first kappa shape index (κ1) is 22.8. The third kappa shape index (κ3) is 7.46. The lowest BCUT2D eigenvalue weighted by atomic mass is 10.0. The van der Waals surface area contributed by atoms with E-state index in [0.717, 1.165) is 24.8 Å². The fourth-order valence-corrected chi connectivity index (χ4v) is 3.07. The van der Waals surface area contributed by atoms with Crippen LogP contribution in [0.2, 0.25) is 0 Å². The summed E-state index contributed by atoms with van der Waals surface area (Å²) < 4.78 is 11.1. The van der Waals surface area contributed by atoms with E-state index in [0.29, 0.717) is 31.5 Å². The molecule has 1 aliphatic heterocycles. The van der Waals surface area contributed by atoms with E-state index in [1.165, 1.54) is 5.57 Å². The van der Waals surface area contributed by atoms with E-state index in [4.69, 9.17) is 9.47 Å². The van der Waals surface area contributed by atoms with E-state index in [2.05, 4.69) is 6.08 Å². The van der Waals surface area contributed by atoms with Crippen molar-refractivity contribution in [1.29, 1.82) is 0 Å². The highest BCUT2D eigenvalue weighted by Gasteiger charge is 2.26. The van der Waals surface area contributed by atoms with Gasteiger partial charge in [0.25, 0.3) is 0 Å². The smallest absolute Gasteiger partial charge is 0.410 e. The molecule has 1 unspecified atom stereocenters. The number of allylic oxidation sites excluding steroid dienone is 1. The number of aldehydes is 1. The number of ketones is 1. The van der Waals surface area contributed by atoms with Crippen molar-refractivity contribution in [2.45, 2.75) is 58.7 Å². The number of likely N-dealkylation sites (tertiary alicyclic amines) is 1. The largest absolute Gasteiger partial charge is 0.444 e. The number of nitrogens with zero attached hydrogens (tertiary/aromatic N) is 1. The fourth-order valence-electron chi connectivity index (χ4n) is 3.07. The summed E-state index contributed by atoms with van der Waals surface area (Å²) in [4.78, 5) is 36.7. The molecular formula is C23H31NO5. The van der Waals surface area contributed by atoms with Crippen LogP contribution in [-0.2, 0) is 19.1 Å². The molecule has 0 radical (unpaired) electrons. The summed E-state index contributed by atoms with van der Waals surface area (Å²) in [5.74, 6) is -0.573. The minimum atomic E-state index is -0.852. The lowest BCUT2D eigenvalue weighted by Gasteiger charge is -2.23. The number of carbonyl (C=O) groups excluding carboxylic acids is 3. The van der Waals surface area contributed by atoms with Crippen LogP contribution in [0.3, 0.4) is 0 Å². The summed E-state index contributed by atoms with van der Waals surface area (Å²) >= 11 is 0. The van der Waals surface area contributed by atoms with Crippen LogP contribution in [0, 0.1) is 6.92 Å². The summed E-state index contributed by atoms with van der Waals surface area (Å²) in [6, 6.07) is 7.41. The molecule has 6 heteroatoms. The molecule has 1 aromatic carbocycles. The fraction of sp³-hybridized carbons (Fsp3) is 0.522. The number of amides is 1. The van der Waals surface area contributed by atoms with Crippen molar-refractivity contribution < 1.29 is 23.9 Å². The summed E-state index contributed by atoms with van der Waals surface area (Å²) in [6.45, 7) is 9.16. The molecule has 1 heterocycles. The van der Waals surface area contributed by atoms with Crippen molar-refractivity contribution in [3.05, 3.63) is 47.0 Å². The first-order valence-corrected chi connectivity index (χ1v) is 10.0. The second-order valence-corrected chi connectivity index (χ2v) is 8.34. The summed E-state index contributed by atoms with van der Waals surface area (Å²) in [7, 11) is 0. The minimum Gasteiger partial charge on any atom is -0.444 e. The van der Waals surface area contributed by atoms with Crippen LogP contribution in [-0.4, -0.2) is 48.4 Å². The van der Waals surface area contributed by atoms with Crippen LogP contribution in [0.25, 0.3) is 0 Å². The van der Waals surface area contributed by atoms with Gasteiger partial charge in [-0.3, -0.25) is 9.59 Å². The molecule has 1 fully saturated rings. The second-order valence-electron chi connectivity index (χ2n) is 8.34. The molecule has 0 aromatic heterocycles. The molecule has 6 nitrogen and oxygen atoms in total. The predicted molar refractivity (Wildman–Crippen MR) is 111 cm³/mol. The van der Waals surface area contributed by atoms with E-state index in [1.807, 2.05) is 52.0 Å². The van der Waals surface area contributed by atoms with Crippen LogP contribution < -0.4 is 0 Å². The van der Waals surface area contributed by atoms with E-state index in [9.17, 15) is 14.4 Å². The van der Waals surface area contributed by atoms with Crippen molar-refractivity contribution in [3.8, 4) is 0 Å². The second kappa shape index (κ2) is 10.3. The summed E-state index contributed by atoms with van der Waals surface area (Å²) in [5.41, 5.74) is 2.48. The van der Waals surface area contributed by atoms with Crippen molar-refractivity contribution in [3.63, 3.8) is 0 Å². The Bertz CT molecular complexity index is 746. The number of aryl methyl sites for hydroxylation is 1. The van der Waals surface area contributed by atoms with Crippen LogP contribution >= 0.6 is 0 Å². The van der Waals surface area contributed by atoms with Gasteiger partial charge in [0, 0.05) is 19.7 Å². The quantitative estimate of drug-likeness (QED) is 0.283. The maximum atomic E-state index is 12.1. The van der Waals surface area contributed by atoms with Crippen molar-refractivity contribution in [1.82, 2.24) is 4.90 Å². The highest BCUT2D eigenvalue weighted by Crippen LogP contribution is 2.21. The topological polar surface area (TPSA) is 72.9 Å². The molecule has 29 heavy (non-hydrogen) atoms. The molecule has 1 atom stereocenters. The Balaban J connectivity index is 1.79. The number of Topliss-reactive ketones (excluding diaryl/α,β-unsaturated/α-hetero) is 1. The van der Waals surface area contributed by atoms with Gasteiger partial charge < -0.3 is 14.4 Å². The van der Waals surface area contributed by atoms with E-state index >= 15 is 0 Å². The van der Waals surface area contributed by atoms with Crippen LogP contribution in [0.15, 0.2) is 35.9 Å². The Hall–Kier alpha value is -2.47. The van der Waals surface area contributed by atoms with Gasteiger partial charge in [0.15, 0.2) is 6.29 Å².